The number of amides is 1. The number of nitrogens with two attached hydrogens (primary N) is 1. The number of benzene rings is 2. The fourth-order valence-electron chi connectivity index (χ4n) is 3.03. The van der Waals surface area contributed by atoms with Crippen molar-refractivity contribution in [1.82, 2.24) is 4.90 Å². The van der Waals surface area contributed by atoms with E-state index < -0.39 is 10.0 Å². The first-order valence-electron chi connectivity index (χ1n) is 7.98. The van der Waals surface area contributed by atoms with Gasteiger partial charge in [-0.25, -0.2) is 13.6 Å². The lowest BCUT2D eigenvalue weighted by atomic mass is 9.98. The van der Waals surface area contributed by atoms with E-state index in [0.717, 1.165) is 37.9 Å². The Morgan fingerprint density at radius 1 is 0.923 bits per heavy atom. The van der Waals surface area contributed by atoms with Crippen LogP contribution in [-0.4, -0.2) is 32.3 Å². The number of hydrogen-bond donors (Lipinski definition) is 1. The lowest BCUT2D eigenvalue weighted by molar-refractivity contribution is 0.0725. The molecule has 2 aromatic rings. The minimum Gasteiger partial charge on any atom is -0.339 e. The van der Waals surface area contributed by atoms with Gasteiger partial charge in [-0.1, -0.05) is 30.3 Å². The third kappa shape index (κ3) is 4.98. The summed E-state index contributed by atoms with van der Waals surface area (Å²) in [6.45, 7) is 1.54. The SMILES string of the molecule is Cl.Cl.NS(=O)(=O)c1cccc(-c2ccccc2C(=O)N2CCCCC2)c1. The molecule has 0 aliphatic carbocycles. The third-order valence-electron chi connectivity index (χ3n) is 4.27. The van der Waals surface area contributed by atoms with Crippen LogP contribution in [0.25, 0.3) is 11.1 Å². The van der Waals surface area contributed by atoms with Gasteiger partial charge < -0.3 is 4.90 Å². The van der Waals surface area contributed by atoms with Gasteiger partial charge in [0.1, 0.15) is 0 Å². The third-order valence-corrected chi connectivity index (χ3v) is 5.19. The zero-order chi connectivity index (χ0) is 17.2. The smallest absolute Gasteiger partial charge is 0.254 e. The number of piperidine rings is 1. The van der Waals surface area contributed by atoms with Gasteiger partial charge in [-0.3, -0.25) is 4.79 Å². The molecule has 1 amide bonds. The van der Waals surface area contributed by atoms with Crippen LogP contribution in [-0.2, 0) is 10.0 Å². The summed E-state index contributed by atoms with van der Waals surface area (Å²) in [5.74, 6) is -0.00805. The topological polar surface area (TPSA) is 80.5 Å². The molecule has 1 aliphatic heterocycles. The summed E-state index contributed by atoms with van der Waals surface area (Å²) in [7, 11) is -3.78. The van der Waals surface area contributed by atoms with Gasteiger partial charge in [-0.05, 0) is 48.6 Å². The molecule has 26 heavy (non-hydrogen) atoms. The highest BCUT2D eigenvalue weighted by Gasteiger charge is 2.21. The predicted molar refractivity (Wildman–Crippen MR) is 108 cm³/mol. The van der Waals surface area contributed by atoms with Gasteiger partial charge in [0.2, 0.25) is 10.0 Å². The van der Waals surface area contributed by atoms with E-state index in [9.17, 15) is 13.2 Å². The number of nitrogens with zero attached hydrogens (tertiary/aromatic N) is 1. The van der Waals surface area contributed by atoms with Crippen molar-refractivity contribution in [2.24, 2.45) is 5.14 Å². The van der Waals surface area contributed by atoms with Gasteiger partial charge in [-0.2, -0.15) is 0 Å². The second-order valence-electron chi connectivity index (χ2n) is 5.97. The summed E-state index contributed by atoms with van der Waals surface area (Å²) in [6.07, 6.45) is 3.20. The van der Waals surface area contributed by atoms with Gasteiger partial charge >= 0.3 is 0 Å². The quantitative estimate of drug-likeness (QED) is 0.831. The molecule has 0 unspecified atom stereocenters. The molecule has 0 atom stereocenters. The van der Waals surface area contributed by atoms with E-state index >= 15 is 0 Å². The zero-order valence-corrected chi connectivity index (χ0v) is 16.6. The second-order valence-corrected chi connectivity index (χ2v) is 7.53. The highest BCUT2D eigenvalue weighted by atomic mass is 35.5. The average molecular weight is 417 g/mol. The summed E-state index contributed by atoms with van der Waals surface area (Å²) in [4.78, 5) is 14.8. The molecule has 0 saturated carbocycles. The molecule has 0 aromatic heterocycles. The Morgan fingerprint density at radius 2 is 1.58 bits per heavy atom. The lowest BCUT2D eigenvalue weighted by Crippen LogP contribution is -2.35. The summed E-state index contributed by atoms with van der Waals surface area (Å²) in [5.41, 5.74) is 1.98. The zero-order valence-electron chi connectivity index (χ0n) is 14.1. The maximum Gasteiger partial charge on any atom is 0.254 e. The highest BCUT2D eigenvalue weighted by molar-refractivity contribution is 7.89. The van der Waals surface area contributed by atoms with Crippen molar-refractivity contribution in [2.75, 3.05) is 13.1 Å². The van der Waals surface area contributed by atoms with Crippen LogP contribution in [0.5, 0.6) is 0 Å². The van der Waals surface area contributed by atoms with E-state index in [0.29, 0.717) is 11.1 Å². The number of likely N-dealkylation sites (tertiary alicyclic amines) is 1. The Labute approximate surface area is 166 Å². The van der Waals surface area contributed by atoms with Crippen LogP contribution < -0.4 is 5.14 Å². The van der Waals surface area contributed by atoms with Gasteiger partial charge in [0, 0.05) is 18.7 Å². The van der Waals surface area contributed by atoms with E-state index in [1.54, 1.807) is 18.2 Å². The number of carbonyl (C=O) groups excluding carboxylic acids is 1. The van der Waals surface area contributed by atoms with Crippen molar-refractivity contribution in [3.8, 4) is 11.1 Å². The molecule has 2 N–H and O–H groups in total. The second kappa shape index (κ2) is 9.37. The van der Waals surface area contributed by atoms with E-state index in [1.165, 1.54) is 12.1 Å². The first kappa shape index (κ1) is 22.4. The molecular weight excluding hydrogens is 395 g/mol. The molecule has 3 rings (SSSR count). The molecule has 142 valence electrons. The monoisotopic (exact) mass is 416 g/mol. The molecule has 0 bridgehead atoms. The molecule has 1 heterocycles. The molecular formula is C18H22Cl2N2O3S. The molecule has 8 heteroatoms. The van der Waals surface area contributed by atoms with Crippen LogP contribution in [0.1, 0.15) is 29.6 Å². The highest BCUT2D eigenvalue weighted by Crippen LogP contribution is 2.27. The minimum atomic E-state index is -3.78. The van der Waals surface area contributed by atoms with Crippen LogP contribution in [0.4, 0.5) is 0 Å². The molecule has 1 aliphatic rings. The number of rotatable bonds is 3. The molecule has 2 aromatic carbocycles. The maximum atomic E-state index is 12.9. The van der Waals surface area contributed by atoms with Crippen molar-refractivity contribution in [3.05, 3.63) is 54.1 Å². The Hall–Kier alpha value is -1.60. The number of sulfonamides is 1. The number of primary sulfonamides is 1. The van der Waals surface area contributed by atoms with Gasteiger partial charge in [-0.15, -0.1) is 24.8 Å². The van der Waals surface area contributed by atoms with Gasteiger partial charge in [0.05, 0.1) is 4.90 Å². The molecule has 0 radical (unpaired) electrons. The van der Waals surface area contributed by atoms with E-state index in [2.05, 4.69) is 0 Å². The van der Waals surface area contributed by atoms with Gasteiger partial charge in [0.25, 0.3) is 5.91 Å². The summed E-state index contributed by atoms with van der Waals surface area (Å²) >= 11 is 0. The van der Waals surface area contributed by atoms with Crippen LogP contribution in [0.2, 0.25) is 0 Å². The van der Waals surface area contributed by atoms with Crippen LogP contribution in [0.3, 0.4) is 0 Å². The van der Waals surface area contributed by atoms with Crippen molar-refractivity contribution in [3.63, 3.8) is 0 Å². The first-order chi connectivity index (χ1) is 11.5. The van der Waals surface area contributed by atoms with Crippen molar-refractivity contribution < 1.29 is 13.2 Å². The standard InChI is InChI=1S/C18H20N2O3S.2ClH/c19-24(22,23)15-8-6-7-14(13-15)16-9-2-3-10-17(16)18(21)20-11-4-1-5-12-20;;/h2-3,6-10,13H,1,4-5,11-12H2,(H2,19,22,23);2*1H. The van der Waals surface area contributed by atoms with E-state index in [1.807, 2.05) is 23.1 Å². The average Bonchev–Trinajstić information content (AvgIpc) is 2.61. The van der Waals surface area contributed by atoms with Crippen LogP contribution in [0.15, 0.2) is 53.4 Å². The number of halogens is 2. The van der Waals surface area contributed by atoms with E-state index in [-0.39, 0.29) is 35.6 Å². The summed E-state index contributed by atoms with van der Waals surface area (Å²) < 4.78 is 23.2. The molecule has 5 nitrogen and oxygen atoms in total. The maximum absolute atomic E-state index is 12.9. The molecule has 1 saturated heterocycles. The van der Waals surface area contributed by atoms with Crippen molar-refractivity contribution in [2.45, 2.75) is 24.2 Å². The first-order valence-corrected chi connectivity index (χ1v) is 9.53. The Kier molecular flexibility index (Phi) is 8.09. The van der Waals surface area contributed by atoms with Crippen molar-refractivity contribution >= 4 is 40.7 Å². The molecule has 1 fully saturated rings. The minimum absolute atomic E-state index is 0. The molecule has 0 spiro atoms. The number of carbonyl (C=O) groups is 1. The largest absolute Gasteiger partial charge is 0.339 e. The van der Waals surface area contributed by atoms with Crippen molar-refractivity contribution in [1.29, 1.82) is 0 Å². The lowest BCUT2D eigenvalue weighted by Gasteiger charge is -2.27. The van der Waals surface area contributed by atoms with E-state index in [4.69, 9.17) is 5.14 Å². The van der Waals surface area contributed by atoms with Crippen LogP contribution >= 0.6 is 24.8 Å². The van der Waals surface area contributed by atoms with Gasteiger partial charge in [0.15, 0.2) is 0 Å². The Bertz CT molecular complexity index is 866. The predicted octanol–water partition coefficient (Wildman–Crippen LogP) is 3.47. The number of hydrogen-bond acceptors (Lipinski definition) is 3. The Balaban J connectivity index is 0.00000169. The van der Waals surface area contributed by atoms with Crippen LogP contribution in [0, 0.1) is 0 Å². The fraction of sp³-hybridized carbons (Fsp3) is 0.278. The Morgan fingerprint density at radius 3 is 2.23 bits per heavy atom. The summed E-state index contributed by atoms with van der Waals surface area (Å²) in [6, 6.07) is 13.7. The fourth-order valence-corrected chi connectivity index (χ4v) is 3.59. The normalized spacial score (nSPS) is 14.1. The summed E-state index contributed by atoms with van der Waals surface area (Å²) in [5, 5.41) is 5.22.